The molecule has 1 spiro atoms. The summed E-state index contributed by atoms with van der Waals surface area (Å²) < 4.78 is 4.69. The van der Waals surface area contributed by atoms with Gasteiger partial charge in [0.25, 0.3) is 0 Å². The van der Waals surface area contributed by atoms with Crippen molar-refractivity contribution in [2.75, 3.05) is 26.3 Å². The van der Waals surface area contributed by atoms with Crippen LogP contribution in [0.3, 0.4) is 0 Å². The van der Waals surface area contributed by atoms with Crippen molar-refractivity contribution in [3.05, 3.63) is 12.7 Å². The monoisotopic (exact) mass is 452 g/mol. The van der Waals surface area contributed by atoms with Crippen molar-refractivity contribution < 1.29 is 24.2 Å². The summed E-state index contributed by atoms with van der Waals surface area (Å²) in [6.07, 6.45) is 2.88. The molecule has 1 N–H and O–H groups in total. The molecule has 0 aromatic rings. The molecule has 7 nitrogen and oxygen atoms in total. The molecule has 3 unspecified atom stereocenters. The van der Waals surface area contributed by atoms with E-state index in [1.807, 2.05) is 20.8 Å². The van der Waals surface area contributed by atoms with Crippen LogP contribution in [0.15, 0.2) is 12.7 Å². The highest BCUT2D eigenvalue weighted by Gasteiger charge is 2.76. The minimum Gasteiger partial charge on any atom is -0.466 e. The van der Waals surface area contributed by atoms with Crippen LogP contribution in [0.4, 0.5) is 0 Å². The Morgan fingerprint density at radius 2 is 2.10 bits per heavy atom. The highest BCUT2D eigenvalue weighted by molar-refractivity contribution is 8.02. The van der Waals surface area contributed by atoms with Crippen LogP contribution in [0.2, 0.25) is 0 Å². The molecule has 0 aromatic carbocycles. The van der Waals surface area contributed by atoms with E-state index in [1.54, 1.807) is 34.6 Å². The summed E-state index contributed by atoms with van der Waals surface area (Å²) in [6.45, 7) is 14.5. The van der Waals surface area contributed by atoms with Gasteiger partial charge in [0.1, 0.15) is 6.04 Å². The summed E-state index contributed by atoms with van der Waals surface area (Å²) >= 11 is 1.64. The molecule has 0 aliphatic carbocycles. The molecular formula is C23H36N2O5S. The number of likely N-dealkylation sites (tertiary alicyclic amines) is 1. The van der Waals surface area contributed by atoms with Crippen molar-refractivity contribution >= 4 is 29.5 Å². The van der Waals surface area contributed by atoms with Crippen LogP contribution in [0.25, 0.3) is 0 Å². The molecule has 3 rings (SSSR count). The Hall–Kier alpha value is -1.54. The number of hydrogen-bond donors (Lipinski definition) is 1. The third-order valence-electron chi connectivity index (χ3n) is 6.98. The second-order valence-electron chi connectivity index (χ2n) is 9.82. The van der Waals surface area contributed by atoms with Gasteiger partial charge in [-0.05, 0) is 46.5 Å². The Bertz CT molecular complexity index is 751. The Labute approximate surface area is 189 Å². The summed E-state index contributed by atoms with van der Waals surface area (Å²) in [6, 6.07) is -0.667. The predicted octanol–water partition coefficient (Wildman–Crippen LogP) is 2.08. The van der Waals surface area contributed by atoms with Gasteiger partial charge < -0.3 is 19.6 Å². The number of fused-ring (bicyclic) bond motifs is 1. The van der Waals surface area contributed by atoms with E-state index < -0.39 is 28.2 Å². The van der Waals surface area contributed by atoms with Gasteiger partial charge in [0, 0.05) is 30.5 Å². The lowest BCUT2D eigenvalue weighted by Crippen LogP contribution is -2.60. The molecule has 3 saturated heterocycles. The molecule has 3 aliphatic heterocycles. The van der Waals surface area contributed by atoms with E-state index in [9.17, 15) is 19.5 Å². The average molecular weight is 453 g/mol. The second kappa shape index (κ2) is 8.77. The van der Waals surface area contributed by atoms with Gasteiger partial charge in [-0.3, -0.25) is 14.4 Å². The van der Waals surface area contributed by atoms with Crippen molar-refractivity contribution in [3.8, 4) is 0 Å². The van der Waals surface area contributed by atoms with Crippen LogP contribution in [0.1, 0.15) is 47.5 Å². The first-order valence-electron chi connectivity index (χ1n) is 11.2. The maximum Gasteiger partial charge on any atom is 0.310 e. The number of nitrogens with zero attached hydrogens (tertiary/aromatic N) is 2. The zero-order valence-corrected chi connectivity index (χ0v) is 20.1. The van der Waals surface area contributed by atoms with E-state index in [4.69, 9.17) is 4.74 Å². The van der Waals surface area contributed by atoms with Gasteiger partial charge in [-0.15, -0.1) is 18.3 Å². The predicted molar refractivity (Wildman–Crippen MR) is 120 cm³/mol. The third kappa shape index (κ3) is 3.69. The van der Waals surface area contributed by atoms with Crippen LogP contribution >= 0.6 is 11.8 Å². The van der Waals surface area contributed by atoms with E-state index in [1.165, 1.54) is 0 Å². The van der Waals surface area contributed by atoms with E-state index in [-0.39, 0.29) is 42.2 Å². The van der Waals surface area contributed by atoms with Crippen molar-refractivity contribution in [1.82, 2.24) is 9.80 Å². The summed E-state index contributed by atoms with van der Waals surface area (Å²) in [5.74, 6) is -1.57. The topological polar surface area (TPSA) is 87.2 Å². The van der Waals surface area contributed by atoms with Crippen LogP contribution in [0, 0.1) is 17.8 Å². The number of rotatable bonds is 8. The van der Waals surface area contributed by atoms with E-state index >= 15 is 0 Å². The fourth-order valence-corrected chi connectivity index (χ4v) is 8.16. The van der Waals surface area contributed by atoms with Crippen molar-refractivity contribution in [3.63, 3.8) is 0 Å². The number of aliphatic hydroxyl groups is 1. The normalized spacial score (nSPS) is 34.1. The van der Waals surface area contributed by atoms with Crippen LogP contribution in [-0.2, 0) is 19.1 Å². The minimum absolute atomic E-state index is 0.0132. The number of amides is 2. The van der Waals surface area contributed by atoms with Gasteiger partial charge in [0.15, 0.2) is 0 Å². The number of ether oxygens (including phenoxy) is 1. The maximum absolute atomic E-state index is 14.1. The zero-order chi connectivity index (χ0) is 23.1. The molecule has 6 atom stereocenters. The summed E-state index contributed by atoms with van der Waals surface area (Å²) in [5, 5.41) is 9.42. The second-order valence-corrected chi connectivity index (χ2v) is 11.4. The fourth-order valence-electron chi connectivity index (χ4n) is 5.76. The molecule has 0 aromatic heterocycles. The van der Waals surface area contributed by atoms with Gasteiger partial charge in [-0.2, -0.15) is 0 Å². The molecule has 0 radical (unpaired) electrons. The minimum atomic E-state index is -0.667. The quantitative estimate of drug-likeness (QED) is 0.448. The summed E-state index contributed by atoms with van der Waals surface area (Å²) in [5.41, 5.74) is -0.448. The van der Waals surface area contributed by atoms with E-state index in [0.29, 0.717) is 19.5 Å². The van der Waals surface area contributed by atoms with Gasteiger partial charge in [-0.1, -0.05) is 13.0 Å². The van der Waals surface area contributed by atoms with E-state index in [2.05, 4.69) is 13.5 Å². The summed E-state index contributed by atoms with van der Waals surface area (Å²) in [7, 11) is 0. The van der Waals surface area contributed by atoms with Crippen LogP contribution < -0.4 is 0 Å². The summed E-state index contributed by atoms with van der Waals surface area (Å²) in [4.78, 5) is 44.1. The first-order chi connectivity index (χ1) is 14.6. The number of thioether (sulfide) groups is 1. The number of carbonyl (C=O) groups excluding carboxylic acids is 3. The average Bonchev–Trinajstić information content (AvgIpc) is 3.27. The van der Waals surface area contributed by atoms with Gasteiger partial charge in [-0.25, -0.2) is 0 Å². The molecule has 31 heavy (non-hydrogen) atoms. The molecule has 2 amide bonds. The Kier molecular flexibility index (Phi) is 6.82. The maximum atomic E-state index is 14.1. The highest BCUT2D eigenvalue weighted by atomic mass is 32.2. The Morgan fingerprint density at radius 1 is 1.42 bits per heavy atom. The lowest BCUT2D eigenvalue weighted by atomic mass is 9.66. The van der Waals surface area contributed by atoms with Crippen molar-refractivity contribution in [2.45, 2.75) is 69.0 Å². The fraction of sp³-hybridized carbons (Fsp3) is 0.783. The zero-order valence-electron chi connectivity index (χ0n) is 19.3. The lowest BCUT2D eigenvalue weighted by Gasteiger charge is -2.44. The number of hydrogen-bond acceptors (Lipinski definition) is 6. The number of carbonyl (C=O) groups is 3. The number of aliphatic hydroxyl groups excluding tert-OH is 1. The van der Waals surface area contributed by atoms with Gasteiger partial charge >= 0.3 is 5.97 Å². The first kappa shape index (κ1) is 24.1. The van der Waals surface area contributed by atoms with Crippen molar-refractivity contribution in [1.29, 1.82) is 0 Å². The Morgan fingerprint density at radius 3 is 2.65 bits per heavy atom. The van der Waals surface area contributed by atoms with Crippen molar-refractivity contribution in [2.24, 2.45) is 17.8 Å². The Balaban J connectivity index is 2.09. The molecule has 8 heteroatoms. The molecular weight excluding hydrogens is 416 g/mol. The van der Waals surface area contributed by atoms with Crippen LogP contribution in [-0.4, -0.2) is 80.6 Å². The standard InChI is InChI=1S/C23H36N2O5S/c1-7-10-25(22(4,5)6)20(28)18-23-14(3)13-15(31-23)16(21(29)30-8-2)17(23)19(27)24(18)11-9-12-26/h7,14-18,26H,1,8-13H2,2-6H3/t14?,15-,16+,17-,18?,23?/m0/s1. The molecule has 2 bridgehead atoms. The van der Waals surface area contributed by atoms with Gasteiger partial charge in [0.2, 0.25) is 11.8 Å². The number of esters is 1. The van der Waals surface area contributed by atoms with Gasteiger partial charge in [0.05, 0.1) is 23.2 Å². The smallest absolute Gasteiger partial charge is 0.310 e. The lowest BCUT2D eigenvalue weighted by molar-refractivity contribution is -0.154. The molecule has 174 valence electrons. The third-order valence-corrected chi connectivity index (χ3v) is 9.06. The van der Waals surface area contributed by atoms with Crippen LogP contribution in [0.5, 0.6) is 0 Å². The first-order valence-corrected chi connectivity index (χ1v) is 12.1. The molecule has 3 fully saturated rings. The molecule has 0 saturated carbocycles. The highest BCUT2D eigenvalue weighted by Crippen LogP contribution is 2.68. The molecule has 3 aliphatic rings. The largest absolute Gasteiger partial charge is 0.466 e. The SMILES string of the molecule is C=CCN(C(=O)C1N(CCCO)C(=O)[C@@H]2[C@H](C(=O)OCC)[C@@H]3CC(C)C12S3)C(C)(C)C. The molecule has 3 heterocycles. The van der Waals surface area contributed by atoms with E-state index in [0.717, 1.165) is 6.42 Å².